The van der Waals surface area contributed by atoms with E-state index in [-0.39, 0.29) is 5.97 Å². The number of ether oxygens (including phenoxy) is 3. The van der Waals surface area contributed by atoms with Gasteiger partial charge in [0.15, 0.2) is 11.5 Å². The average molecular weight is 314 g/mol. The third kappa shape index (κ3) is 3.80. The quantitative estimate of drug-likeness (QED) is 0.846. The number of carbonyl (C=O) groups excluding carboxylic acids is 1. The highest BCUT2D eigenvalue weighted by Gasteiger charge is 2.28. The molecular formula is C15H20ClNO4. The van der Waals surface area contributed by atoms with E-state index in [0.29, 0.717) is 42.8 Å². The van der Waals surface area contributed by atoms with Gasteiger partial charge in [-0.05, 0) is 31.5 Å². The first-order valence-corrected chi connectivity index (χ1v) is 7.19. The van der Waals surface area contributed by atoms with Gasteiger partial charge in [-0.2, -0.15) is 0 Å². The molecule has 1 aromatic rings. The molecule has 0 saturated carbocycles. The Labute approximate surface area is 129 Å². The molecule has 0 atom stereocenters. The molecule has 0 saturated heterocycles. The number of rotatable bonds is 5. The van der Waals surface area contributed by atoms with Gasteiger partial charge in [0.25, 0.3) is 0 Å². The molecule has 1 aromatic carbocycles. The van der Waals surface area contributed by atoms with Gasteiger partial charge in [-0.25, -0.2) is 0 Å². The van der Waals surface area contributed by atoms with Crippen LogP contribution in [-0.4, -0.2) is 32.8 Å². The fourth-order valence-corrected chi connectivity index (χ4v) is 2.42. The molecule has 6 heteroatoms. The minimum atomic E-state index is -0.577. The number of fused-ring (bicyclic) bond motifs is 1. The molecule has 0 bridgehead atoms. The van der Waals surface area contributed by atoms with Crippen LogP contribution in [0.5, 0.6) is 11.5 Å². The number of methoxy groups -OCH3 is 1. The molecular weight excluding hydrogens is 294 g/mol. The Morgan fingerprint density at radius 1 is 1.38 bits per heavy atom. The monoisotopic (exact) mass is 313 g/mol. The van der Waals surface area contributed by atoms with E-state index in [1.807, 2.05) is 26.0 Å². The number of carbonyl (C=O) groups is 1. The van der Waals surface area contributed by atoms with E-state index in [1.54, 1.807) is 0 Å². The molecule has 1 N–H and O–H groups in total. The maximum atomic E-state index is 11.6. The highest BCUT2D eigenvalue weighted by molar-refractivity contribution is 6.32. The Balaban J connectivity index is 1.98. The van der Waals surface area contributed by atoms with Crippen molar-refractivity contribution in [2.24, 2.45) is 5.41 Å². The second-order valence-corrected chi connectivity index (χ2v) is 5.99. The summed E-state index contributed by atoms with van der Waals surface area (Å²) >= 11 is 6.18. The molecule has 1 heterocycles. The van der Waals surface area contributed by atoms with Crippen LogP contribution in [0.4, 0.5) is 0 Å². The fraction of sp³-hybridized carbons (Fsp3) is 0.533. The highest BCUT2D eigenvalue weighted by atomic mass is 35.5. The van der Waals surface area contributed by atoms with E-state index in [4.69, 9.17) is 25.8 Å². The summed E-state index contributed by atoms with van der Waals surface area (Å²) in [7, 11) is 1.39. The zero-order chi connectivity index (χ0) is 15.5. The lowest BCUT2D eigenvalue weighted by Gasteiger charge is -2.23. The van der Waals surface area contributed by atoms with Gasteiger partial charge in [-0.3, -0.25) is 4.79 Å². The van der Waals surface area contributed by atoms with E-state index in [2.05, 4.69) is 5.32 Å². The third-order valence-electron chi connectivity index (χ3n) is 3.29. The van der Waals surface area contributed by atoms with Crippen LogP contribution in [0.1, 0.15) is 19.4 Å². The molecule has 0 amide bonds. The van der Waals surface area contributed by atoms with Gasteiger partial charge in [0.05, 0.1) is 17.5 Å². The van der Waals surface area contributed by atoms with Gasteiger partial charge < -0.3 is 19.5 Å². The SMILES string of the molecule is COC(=O)C(C)(C)CNCc1cc(Cl)c2c(c1)OCCO2. The first kappa shape index (κ1) is 15.9. The van der Waals surface area contributed by atoms with Crippen molar-refractivity contribution in [3.63, 3.8) is 0 Å². The van der Waals surface area contributed by atoms with Crippen molar-refractivity contribution in [3.8, 4) is 11.5 Å². The minimum Gasteiger partial charge on any atom is -0.486 e. The van der Waals surface area contributed by atoms with Crippen molar-refractivity contribution in [3.05, 3.63) is 22.7 Å². The van der Waals surface area contributed by atoms with Crippen LogP contribution in [0.15, 0.2) is 12.1 Å². The number of halogens is 1. The van der Waals surface area contributed by atoms with Crippen LogP contribution in [0.25, 0.3) is 0 Å². The summed E-state index contributed by atoms with van der Waals surface area (Å²) in [6.45, 7) is 5.79. The predicted molar refractivity (Wildman–Crippen MR) is 79.9 cm³/mol. The molecule has 1 aliphatic heterocycles. The lowest BCUT2D eigenvalue weighted by molar-refractivity contribution is -0.150. The highest BCUT2D eigenvalue weighted by Crippen LogP contribution is 2.38. The Morgan fingerprint density at radius 3 is 2.81 bits per heavy atom. The van der Waals surface area contributed by atoms with Crippen molar-refractivity contribution in [2.45, 2.75) is 20.4 Å². The van der Waals surface area contributed by atoms with Crippen molar-refractivity contribution in [1.82, 2.24) is 5.32 Å². The molecule has 0 aliphatic carbocycles. The Kier molecular flexibility index (Phi) is 4.96. The number of nitrogens with one attached hydrogen (secondary N) is 1. The lowest BCUT2D eigenvalue weighted by Crippen LogP contribution is -2.36. The molecule has 21 heavy (non-hydrogen) atoms. The van der Waals surface area contributed by atoms with Crippen molar-refractivity contribution in [1.29, 1.82) is 0 Å². The van der Waals surface area contributed by atoms with Crippen LogP contribution in [-0.2, 0) is 16.1 Å². The Morgan fingerprint density at radius 2 is 2.10 bits per heavy atom. The normalized spacial score (nSPS) is 13.9. The topological polar surface area (TPSA) is 56.8 Å². The first-order chi connectivity index (χ1) is 9.94. The van der Waals surface area contributed by atoms with Gasteiger partial charge in [-0.1, -0.05) is 11.6 Å². The minimum absolute atomic E-state index is 0.241. The van der Waals surface area contributed by atoms with Gasteiger partial charge >= 0.3 is 5.97 Å². The van der Waals surface area contributed by atoms with Crippen molar-refractivity contribution in [2.75, 3.05) is 26.9 Å². The van der Waals surface area contributed by atoms with Crippen LogP contribution in [0.3, 0.4) is 0 Å². The summed E-state index contributed by atoms with van der Waals surface area (Å²) in [6, 6.07) is 3.74. The summed E-state index contributed by atoms with van der Waals surface area (Å²) < 4.78 is 15.8. The summed E-state index contributed by atoms with van der Waals surface area (Å²) in [4.78, 5) is 11.6. The zero-order valence-corrected chi connectivity index (χ0v) is 13.3. The second kappa shape index (κ2) is 6.54. The van der Waals surface area contributed by atoms with E-state index in [0.717, 1.165) is 5.56 Å². The van der Waals surface area contributed by atoms with Crippen LogP contribution in [0.2, 0.25) is 5.02 Å². The Bertz CT molecular complexity index is 531. The fourth-order valence-electron chi connectivity index (χ4n) is 2.13. The summed E-state index contributed by atoms with van der Waals surface area (Å²) in [6.07, 6.45) is 0. The third-order valence-corrected chi connectivity index (χ3v) is 3.57. The van der Waals surface area contributed by atoms with Crippen LogP contribution >= 0.6 is 11.6 Å². The summed E-state index contributed by atoms with van der Waals surface area (Å²) in [5, 5.41) is 3.77. The van der Waals surface area contributed by atoms with E-state index < -0.39 is 5.41 Å². The first-order valence-electron chi connectivity index (χ1n) is 6.81. The van der Waals surface area contributed by atoms with Crippen LogP contribution in [0, 0.1) is 5.41 Å². The molecule has 0 spiro atoms. The lowest BCUT2D eigenvalue weighted by atomic mass is 9.93. The maximum absolute atomic E-state index is 11.6. The van der Waals surface area contributed by atoms with Crippen molar-refractivity contribution < 1.29 is 19.0 Å². The Hall–Kier alpha value is -1.46. The molecule has 0 fully saturated rings. The van der Waals surface area contributed by atoms with Crippen molar-refractivity contribution >= 4 is 17.6 Å². The average Bonchev–Trinajstić information content (AvgIpc) is 2.46. The smallest absolute Gasteiger partial charge is 0.312 e. The molecule has 2 rings (SSSR count). The number of benzene rings is 1. The standard InChI is InChI=1S/C15H20ClNO4/c1-15(2,14(18)19-3)9-17-8-10-6-11(16)13-12(7-10)20-4-5-21-13/h6-7,17H,4-5,8-9H2,1-3H3. The van der Waals surface area contributed by atoms with E-state index >= 15 is 0 Å². The van der Waals surface area contributed by atoms with Gasteiger partial charge in [0.1, 0.15) is 13.2 Å². The molecule has 5 nitrogen and oxygen atoms in total. The predicted octanol–water partition coefficient (Wildman–Crippen LogP) is 2.40. The summed E-state index contributed by atoms with van der Waals surface area (Å²) in [5.41, 5.74) is 0.400. The van der Waals surface area contributed by atoms with E-state index in [9.17, 15) is 4.79 Å². The summed E-state index contributed by atoms with van der Waals surface area (Å²) in [5.74, 6) is 1.02. The van der Waals surface area contributed by atoms with E-state index in [1.165, 1.54) is 7.11 Å². The van der Waals surface area contributed by atoms with Gasteiger partial charge in [0.2, 0.25) is 0 Å². The maximum Gasteiger partial charge on any atom is 0.312 e. The largest absolute Gasteiger partial charge is 0.486 e. The molecule has 0 radical (unpaired) electrons. The molecule has 0 unspecified atom stereocenters. The number of hydrogen-bond donors (Lipinski definition) is 1. The van der Waals surface area contributed by atoms with Gasteiger partial charge in [-0.15, -0.1) is 0 Å². The molecule has 0 aromatic heterocycles. The number of esters is 1. The van der Waals surface area contributed by atoms with Crippen LogP contribution < -0.4 is 14.8 Å². The molecule has 116 valence electrons. The zero-order valence-electron chi connectivity index (χ0n) is 12.5. The number of hydrogen-bond acceptors (Lipinski definition) is 5. The molecule has 1 aliphatic rings. The second-order valence-electron chi connectivity index (χ2n) is 5.58. The van der Waals surface area contributed by atoms with Gasteiger partial charge in [0, 0.05) is 13.1 Å².